The molecule has 0 aliphatic carbocycles. The third kappa shape index (κ3) is 1.77. The Morgan fingerprint density at radius 3 is 2.75 bits per heavy atom. The maximum absolute atomic E-state index is 8.89. The summed E-state index contributed by atoms with van der Waals surface area (Å²) in [5.41, 5.74) is 1.95. The molecule has 2 nitrogen and oxygen atoms in total. The lowest BCUT2D eigenvalue weighted by Crippen LogP contribution is -1.92. The number of aliphatic hydroxyl groups excluding tert-OH is 1. The van der Waals surface area contributed by atoms with Crippen molar-refractivity contribution in [3.8, 4) is 5.75 Å². The number of methoxy groups -OCH3 is 1. The fourth-order valence-electron chi connectivity index (χ4n) is 1.14. The van der Waals surface area contributed by atoms with Crippen LogP contribution < -0.4 is 4.74 Å². The summed E-state index contributed by atoms with van der Waals surface area (Å²) in [6.45, 7) is 3.16. The van der Waals surface area contributed by atoms with E-state index in [2.05, 4.69) is 6.92 Å². The van der Waals surface area contributed by atoms with Crippen LogP contribution in [-0.4, -0.2) is 12.2 Å². The Balaban J connectivity index is 3.02. The molecule has 0 amide bonds. The number of hydrogen-bond acceptors (Lipinski definition) is 2. The minimum Gasteiger partial charge on any atom is -0.497 e. The minimum atomic E-state index is 0.771. The molecule has 1 radical (unpaired) electrons. The highest BCUT2D eigenvalue weighted by molar-refractivity contribution is 5.38. The number of ether oxygens (including phenoxy) is 1. The number of rotatable bonds is 3. The first kappa shape index (κ1) is 9.07. The highest BCUT2D eigenvalue weighted by Gasteiger charge is 2.01. The molecule has 0 saturated carbocycles. The van der Waals surface area contributed by atoms with Crippen molar-refractivity contribution in [2.75, 3.05) is 7.11 Å². The fourth-order valence-corrected chi connectivity index (χ4v) is 1.14. The molecule has 0 atom stereocenters. The van der Waals surface area contributed by atoms with E-state index in [-0.39, 0.29) is 0 Å². The van der Waals surface area contributed by atoms with Gasteiger partial charge in [0.2, 0.25) is 0 Å². The van der Waals surface area contributed by atoms with Crippen molar-refractivity contribution < 1.29 is 9.84 Å². The Labute approximate surface area is 72.8 Å². The molecule has 1 aromatic rings. The standard InChI is InChI=1S/C10H13O2/c1-3-8-4-5-10(12-2)6-9(8)7-11/h4-7,11H,3H2,1-2H3. The average Bonchev–Trinajstić information content (AvgIpc) is 2.16. The third-order valence-corrected chi connectivity index (χ3v) is 1.87. The molecule has 12 heavy (non-hydrogen) atoms. The van der Waals surface area contributed by atoms with Crippen molar-refractivity contribution in [2.45, 2.75) is 13.3 Å². The molecule has 0 fully saturated rings. The molecule has 0 aliphatic rings. The van der Waals surface area contributed by atoms with Gasteiger partial charge in [-0.15, -0.1) is 0 Å². The first-order valence-corrected chi connectivity index (χ1v) is 3.96. The van der Waals surface area contributed by atoms with Gasteiger partial charge in [0, 0.05) is 0 Å². The Hall–Kier alpha value is -1.02. The molecule has 1 N–H and O–H groups in total. The summed E-state index contributed by atoms with van der Waals surface area (Å²) in [6, 6.07) is 5.67. The van der Waals surface area contributed by atoms with Gasteiger partial charge in [-0.1, -0.05) is 13.0 Å². The van der Waals surface area contributed by atoms with Crippen LogP contribution in [0.3, 0.4) is 0 Å². The second kappa shape index (κ2) is 4.12. The summed E-state index contributed by atoms with van der Waals surface area (Å²) in [5, 5.41) is 8.89. The lowest BCUT2D eigenvalue weighted by atomic mass is 10.1. The number of aryl methyl sites for hydroxylation is 1. The smallest absolute Gasteiger partial charge is 0.119 e. The van der Waals surface area contributed by atoms with Gasteiger partial charge in [0.05, 0.1) is 7.11 Å². The monoisotopic (exact) mass is 165 g/mol. The zero-order valence-electron chi connectivity index (χ0n) is 7.37. The van der Waals surface area contributed by atoms with E-state index in [1.165, 1.54) is 0 Å². The van der Waals surface area contributed by atoms with Crippen molar-refractivity contribution in [1.29, 1.82) is 0 Å². The van der Waals surface area contributed by atoms with Gasteiger partial charge in [0.25, 0.3) is 0 Å². The fraction of sp³-hybridized carbons (Fsp3) is 0.300. The van der Waals surface area contributed by atoms with Crippen LogP contribution in [0.15, 0.2) is 18.2 Å². The van der Waals surface area contributed by atoms with Crippen molar-refractivity contribution >= 4 is 0 Å². The van der Waals surface area contributed by atoms with Crippen LogP contribution in [0.25, 0.3) is 0 Å². The van der Waals surface area contributed by atoms with Crippen LogP contribution in [0.4, 0.5) is 0 Å². The maximum Gasteiger partial charge on any atom is 0.119 e. The second-order valence-electron chi connectivity index (χ2n) is 2.55. The Morgan fingerprint density at radius 1 is 1.50 bits per heavy atom. The van der Waals surface area contributed by atoms with Gasteiger partial charge in [-0.3, -0.25) is 0 Å². The highest BCUT2D eigenvalue weighted by Crippen LogP contribution is 2.18. The van der Waals surface area contributed by atoms with E-state index in [9.17, 15) is 0 Å². The SMILES string of the molecule is CCc1ccc(OC)cc1[CH]O. The van der Waals surface area contributed by atoms with Gasteiger partial charge in [-0.05, 0) is 29.7 Å². The van der Waals surface area contributed by atoms with E-state index in [0.29, 0.717) is 0 Å². The van der Waals surface area contributed by atoms with Crippen LogP contribution in [0.5, 0.6) is 5.75 Å². The van der Waals surface area contributed by atoms with Crippen molar-refractivity contribution in [1.82, 2.24) is 0 Å². The highest BCUT2D eigenvalue weighted by atomic mass is 16.5. The zero-order chi connectivity index (χ0) is 8.97. The molecule has 0 unspecified atom stereocenters. The Bertz CT molecular complexity index is 256. The van der Waals surface area contributed by atoms with Crippen molar-refractivity contribution in [3.05, 3.63) is 35.9 Å². The molecule has 1 aromatic carbocycles. The number of benzene rings is 1. The normalized spacial score (nSPS) is 9.92. The number of hydrogen-bond donors (Lipinski definition) is 1. The van der Waals surface area contributed by atoms with Gasteiger partial charge >= 0.3 is 0 Å². The molecular weight excluding hydrogens is 152 g/mol. The predicted octanol–water partition coefficient (Wildman–Crippen LogP) is 2.14. The first-order chi connectivity index (χ1) is 5.81. The molecule has 0 saturated heterocycles. The molecule has 0 bridgehead atoms. The van der Waals surface area contributed by atoms with E-state index in [0.717, 1.165) is 29.9 Å². The van der Waals surface area contributed by atoms with Gasteiger partial charge < -0.3 is 9.84 Å². The van der Waals surface area contributed by atoms with Crippen LogP contribution in [0, 0.1) is 6.61 Å². The summed E-state index contributed by atoms with van der Waals surface area (Å²) >= 11 is 0. The lowest BCUT2D eigenvalue weighted by Gasteiger charge is -2.06. The van der Waals surface area contributed by atoms with Crippen LogP contribution >= 0.6 is 0 Å². The quantitative estimate of drug-likeness (QED) is 0.743. The van der Waals surface area contributed by atoms with Gasteiger partial charge in [0.1, 0.15) is 12.4 Å². The summed E-state index contributed by atoms with van der Waals surface area (Å²) in [6.07, 6.45) is 0.913. The summed E-state index contributed by atoms with van der Waals surface area (Å²) < 4.78 is 5.03. The molecule has 65 valence electrons. The van der Waals surface area contributed by atoms with Crippen molar-refractivity contribution in [3.63, 3.8) is 0 Å². The van der Waals surface area contributed by atoms with Crippen LogP contribution in [0.2, 0.25) is 0 Å². The Morgan fingerprint density at radius 2 is 2.25 bits per heavy atom. The molecule has 1 rings (SSSR count). The first-order valence-electron chi connectivity index (χ1n) is 3.96. The van der Waals surface area contributed by atoms with E-state index in [4.69, 9.17) is 9.84 Å². The van der Waals surface area contributed by atoms with Crippen molar-refractivity contribution in [2.24, 2.45) is 0 Å². The van der Waals surface area contributed by atoms with Gasteiger partial charge in [0.15, 0.2) is 0 Å². The van der Waals surface area contributed by atoms with Crippen LogP contribution in [-0.2, 0) is 6.42 Å². The molecule has 2 heteroatoms. The minimum absolute atomic E-state index is 0.771. The van der Waals surface area contributed by atoms with E-state index in [1.807, 2.05) is 18.2 Å². The molecular formula is C10H13O2. The van der Waals surface area contributed by atoms with E-state index in [1.54, 1.807) is 7.11 Å². The molecule has 0 spiro atoms. The van der Waals surface area contributed by atoms with Gasteiger partial charge in [-0.2, -0.15) is 0 Å². The van der Waals surface area contributed by atoms with Gasteiger partial charge in [-0.25, -0.2) is 0 Å². The maximum atomic E-state index is 8.89. The average molecular weight is 165 g/mol. The second-order valence-corrected chi connectivity index (χ2v) is 2.55. The molecule has 0 aromatic heterocycles. The lowest BCUT2D eigenvalue weighted by molar-refractivity contribution is 0.403. The van der Waals surface area contributed by atoms with E-state index < -0.39 is 0 Å². The number of aliphatic hydroxyl groups is 1. The summed E-state index contributed by atoms with van der Waals surface area (Å²) in [7, 11) is 1.61. The zero-order valence-corrected chi connectivity index (χ0v) is 7.37. The Kier molecular flexibility index (Phi) is 3.11. The summed E-state index contributed by atoms with van der Waals surface area (Å²) in [4.78, 5) is 0. The summed E-state index contributed by atoms with van der Waals surface area (Å²) in [5.74, 6) is 0.771. The topological polar surface area (TPSA) is 29.5 Å². The predicted molar refractivity (Wildman–Crippen MR) is 47.7 cm³/mol. The largest absolute Gasteiger partial charge is 0.497 e. The van der Waals surface area contributed by atoms with E-state index >= 15 is 0 Å². The third-order valence-electron chi connectivity index (χ3n) is 1.87. The van der Waals surface area contributed by atoms with Crippen LogP contribution in [0.1, 0.15) is 18.1 Å². The molecule has 0 heterocycles. The molecule has 0 aliphatic heterocycles.